The van der Waals surface area contributed by atoms with Crippen molar-refractivity contribution in [2.45, 2.75) is 32.0 Å². The fourth-order valence-corrected chi connectivity index (χ4v) is 3.04. The quantitative estimate of drug-likeness (QED) is 0.330. The van der Waals surface area contributed by atoms with Gasteiger partial charge < -0.3 is 25.2 Å². The van der Waals surface area contributed by atoms with Gasteiger partial charge in [-0.15, -0.1) is 0 Å². The van der Waals surface area contributed by atoms with Crippen molar-refractivity contribution in [3.8, 4) is 0 Å². The highest BCUT2D eigenvalue weighted by Crippen LogP contribution is 2.20. The van der Waals surface area contributed by atoms with Gasteiger partial charge in [0.2, 0.25) is 0 Å². The van der Waals surface area contributed by atoms with Gasteiger partial charge in [0.15, 0.2) is 5.78 Å². The van der Waals surface area contributed by atoms with E-state index in [-0.39, 0.29) is 12.2 Å². The number of aliphatic carboxylic acids is 1. The van der Waals surface area contributed by atoms with Crippen LogP contribution in [0.1, 0.15) is 29.3 Å². The van der Waals surface area contributed by atoms with Gasteiger partial charge in [0.1, 0.15) is 18.7 Å². The SMILES string of the molecule is COC(=O)C(C)Nc1ccccc1C(=O)[C@H](CC(=O)O)NC(=O)OCc1ccc(Br)cc1. The smallest absolute Gasteiger partial charge is 0.408 e. The number of para-hydroxylation sites is 1. The molecule has 0 radical (unpaired) electrons. The van der Waals surface area contributed by atoms with Gasteiger partial charge >= 0.3 is 18.0 Å². The largest absolute Gasteiger partial charge is 0.481 e. The van der Waals surface area contributed by atoms with E-state index in [1.165, 1.54) is 13.2 Å². The average molecular weight is 507 g/mol. The summed E-state index contributed by atoms with van der Waals surface area (Å²) < 4.78 is 10.7. The number of rotatable bonds is 10. The number of nitrogens with one attached hydrogen (secondary N) is 2. The number of hydrogen-bond donors (Lipinski definition) is 3. The molecule has 0 heterocycles. The van der Waals surface area contributed by atoms with Crippen LogP contribution >= 0.6 is 15.9 Å². The summed E-state index contributed by atoms with van der Waals surface area (Å²) in [6.07, 6.45) is -1.58. The van der Waals surface area contributed by atoms with Crippen molar-refractivity contribution in [2.75, 3.05) is 12.4 Å². The second-order valence-corrected chi connectivity index (χ2v) is 7.71. The van der Waals surface area contributed by atoms with E-state index in [1.54, 1.807) is 49.4 Å². The van der Waals surface area contributed by atoms with Gasteiger partial charge in [-0.05, 0) is 36.8 Å². The number of Topliss-reactive ketones (excluding diaryl/α,β-unsaturated/α-hetero) is 1. The number of carboxylic acids is 1. The number of halogens is 1. The average Bonchev–Trinajstić information content (AvgIpc) is 2.77. The first-order valence-corrected chi connectivity index (χ1v) is 10.4. The Bertz CT molecular complexity index is 978. The lowest BCUT2D eigenvalue weighted by molar-refractivity contribution is -0.141. The Hall–Kier alpha value is -3.40. The molecule has 0 aliphatic carbocycles. The minimum absolute atomic E-state index is 0.0537. The van der Waals surface area contributed by atoms with Crippen molar-refractivity contribution < 1.29 is 33.8 Å². The Balaban J connectivity index is 2.14. The van der Waals surface area contributed by atoms with E-state index in [9.17, 15) is 24.3 Å². The number of carbonyl (C=O) groups is 4. The fraction of sp³-hybridized carbons (Fsp3) is 0.273. The molecule has 9 nitrogen and oxygen atoms in total. The molecule has 2 rings (SSSR count). The van der Waals surface area contributed by atoms with E-state index < -0.39 is 42.3 Å². The number of carboxylic acid groups (broad SMARTS) is 1. The van der Waals surface area contributed by atoms with Gasteiger partial charge in [-0.3, -0.25) is 9.59 Å². The maximum absolute atomic E-state index is 13.1. The van der Waals surface area contributed by atoms with Crippen LogP contribution in [0.3, 0.4) is 0 Å². The summed E-state index contributed by atoms with van der Waals surface area (Å²) >= 11 is 3.31. The van der Waals surface area contributed by atoms with E-state index in [0.717, 1.165) is 10.0 Å². The summed E-state index contributed by atoms with van der Waals surface area (Å²) in [5, 5.41) is 14.4. The van der Waals surface area contributed by atoms with Crippen molar-refractivity contribution in [1.29, 1.82) is 0 Å². The van der Waals surface area contributed by atoms with Crippen molar-refractivity contribution in [3.63, 3.8) is 0 Å². The number of ketones is 1. The molecule has 2 aromatic rings. The molecule has 0 saturated heterocycles. The molecular formula is C22H23BrN2O7. The summed E-state index contributed by atoms with van der Waals surface area (Å²) in [5.74, 6) is -2.46. The lowest BCUT2D eigenvalue weighted by atomic mass is 9.99. The Morgan fingerprint density at radius 1 is 1.06 bits per heavy atom. The number of esters is 1. The third-order valence-corrected chi connectivity index (χ3v) is 4.92. The van der Waals surface area contributed by atoms with Crippen LogP contribution in [-0.2, 0) is 25.7 Å². The van der Waals surface area contributed by atoms with E-state index >= 15 is 0 Å². The summed E-state index contributed by atoms with van der Waals surface area (Å²) in [7, 11) is 1.24. The normalized spacial score (nSPS) is 12.2. The highest BCUT2D eigenvalue weighted by molar-refractivity contribution is 9.10. The summed E-state index contributed by atoms with van der Waals surface area (Å²) in [6.45, 7) is 1.50. The predicted octanol–water partition coefficient (Wildman–Crippen LogP) is 3.37. The van der Waals surface area contributed by atoms with Crippen LogP contribution in [0.25, 0.3) is 0 Å². The van der Waals surface area contributed by atoms with Crippen LogP contribution in [0, 0.1) is 0 Å². The van der Waals surface area contributed by atoms with Crippen LogP contribution < -0.4 is 10.6 Å². The minimum atomic E-state index is -1.37. The Morgan fingerprint density at radius 2 is 1.72 bits per heavy atom. The minimum Gasteiger partial charge on any atom is -0.481 e. The van der Waals surface area contributed by atoms with Crippen LogP contribution in [0.4, 0.5) is 10.5 Å². The maximum atomic E-state index is 13.1. The number of ether oxygens (including phenoxy) is 2. The second-order valence-electron chi connectivity index (χ2n) is 6.80. The lowest BCUT2D eigenvalue weighted by Crippen LogP contribution is -2.43. The molecule has 0 saturated carbocycles. The van der Waals surface area contributed by atoms with E-state index in [1.807, 2.05) is 0 Å². The topological polar surface area (TPSA) is 131 Å². The van der Waals surface area contributed by atoms with Gasteiger partial charge in [0, 0.05) is 15.7 Å². The first kappa shape index (κ1) is 24.9. The van der Waals surface area contributed by atoms with Gasteiger partial charge in [-0.1, -0.05) is 40.2 Å². The van der Waals surface area contributed by atoms with Crippen molar-refractivity contribution in [3.05, 3.63) is 64.1 Å². The molecule has 0 fully saturated rings. The third kappa shape index (κ3) is 7.38. The van der Waals surface area contributed by atoms with Crippen molar-refractivity contribution in [1.82, 2.24) is 5.32 Å². The number of carbonyl (C=O) groups excluding carboxylic acids is 3. The van der Waals surface area contributed by atoms with Gasteiger partial charge in [-0.2, -0.15) is 0 Å². The summed E-state index contributed by atoms with van der Waals surface area (Å²) in [5.41, 5.74) is 1.13. The molecule has 0 spiro atoms. The van der Waals surface area contributed by atoms with E-state index in [4.69, 9.17) is 4.74 Å². The molecule has 10 heteroatoms. The summed E-state index contributed by atoms with van der Waals surface area (Å²) in [4.78, 5) is 48.3. The number of benzene rings is 2. The molecule has 2 aromatic carbocycles. The highest BCUT2D eigenvalue weighted by Gasteiger charge is 2.28. The van der Waals surface area contributed by atoms with Crippen LogP contribution in [-0.4, -0.2) is 48.1 Å². The molecule has 2 atom stereocenters. The monoisotopic (exact) mass is 506 g/mol. The van der Waals surface area contributed by atoms with Crippen LogP contribution in [0.2, 0.25) is 0 Å². The standard InChI is InChI=1S/C22H23BrN2O7/c1-13(21(29)31-2)24-17-6-4-3-5-16(17)20(28)18(11-19(26)27)25-22(30)32-12-14-7-9-15(23)10-8-14/h3-10,13,18,24H,11-12H2,1-2H3,(H,25,30)(H,26,27)/t13?,18-/m0/s1. The number of methoxy groups -OCH3 is 1. The zero-order valence-corrected chi connectivity index (χ0v) is 19.0. The Labute approximate surface area is 193 Å². The number of hydrogen-bond acceptors (Lipinski definition) is 7. The first-order valence-electron chi connectivity index (χ1n) is 9.58. The van der Waals surface area contributed by atoms with Crippen LogP contribution in [0.15, 0.2) is 53.0 Å². The third-order valence-electron chi connectivity index (χ3n) is 4.39. The Kier molecular flexibility index (Phi) is 9.21. The number of anilines is 1. The zero-order chi connectivity index (χ0) is 23.7. The molecule has 0 aromatic heterocycles. The molecule has 0 aliphatic heterocycles. The summed E-state index contributed by atoms with van der Waals surface area (Å²) in [6, 6.07) is 11.2. The molecule has 1 amide bonds. The van der Waals surface area contributed by atoms with E-state index in [2.05, 4.69) is 31.3 Å². The zero-order valence-electron chi connectivity index (χ0n) is 17.5. The maximum Gasteiger partial charge on any atom is 0.408 e. The number of alkyl carbamates (subject to hydrolysis) is 1. The Morgan fingerprint density at radius 3 is 2.34 bits per heavy atom. The molecule has 1 unspecified atom stereocenters. The molecule has 0 bridgehead atoms. The van der Waals surface area contributed by atoms with Crippen LogP contribution in [0.5, 0.6) is 0 Å². The van der Waals surface area contributed by atoms with E-state index in [0.29, 0.717) is 5.69 Å². The fourth-order valence-electron chi connectivity index (χ4n) is 2.78. The van der Waals surface area contributed by atoms with Crippen molar-refractivity contribution in [2.24, 2.45) is 0 Å². The van der Waals surface area contributed by atoms with Gasteiger partial charge in [0.05, 0.1) is 13.5 Å². The lowest BCUT2D eigenvalue weighted by Gasteiger charge is -2.20. The molecular weight excluding hydrogens is 484 g/mol. The van der Waals surface area contributed by atoms with Gasteiger partial charge in [-0.25, -0.2) is 9.59 Å². The second kappa shape index (κ2) is 11.8. The first-order chi connectivity index (χ1) is 15.2. The van der Waals surface area contributed by atoms with Crippen molar-refractivity contribution >= 4 is 45.4 Å². The van der Waals surface area contributed by atoms with Gasteiger partial charge in [0.25, 0.3) is 0 Å². The predicted molar refractivity (Wildman–Crippen MR) is 119 cm³/mol. The molecule has 0 aliphatic rings. The highest BCUT2D eigenvalue weighted by atomic mass is 79.9. The molecule has 170 valence electrons. The molecule has 32 heavy (non-hydrogen) atoms. The molecule has 3 N–H and O–H groups in total. The number of amides is 1.